The van der Waals surface area contributed by atoms with Gasteiger partial charge < -0.3 is 14.7 Å². The molecular formula is C27H24ClNO4. The monoisotopic (exact) mass is 461 g/mol. The molecule has 168 valence electrons. The lowest BCUT2D eigenvalue weighted by molar-refractivity contribution is -0.140. The van der Waals surface area contributed by atoms with Gasteiger partial charge >= 0.3 is 0 Å². The Morgan fingerprint density at radius 1 is 1.00 bits per heavy atom. The zero-order chi connectivity index (χ0) is 23.4. The van der Waals surface area contributed by atoms with Crippen LogP contribution in [0.1, 0.15) is 36.1 Å². The molecule has 0 aliphatic carbocycles. The van der Waals surface area contributed by atoms with Crippen molar-refractivity contribution in [2.24, 2.45) is 0 Å². The number of carbonyl (C=O) groups excluding carboxylic acids is 2. The molecule has 4 rings (SSSR count). The summed E-state index contributed by atoms with van der Waals surface area (Å²) in [5, 5.41) is 11.6. The van der Waals surface area contributed by atoms with Gasteiger partial charge in [0.2, 0.25) is 0 Å². The van der Waals surface area contributed by atoms with Crippen molar-refractivity contribution in [3.8, 4) is 5.75 Å². The Hall–Kier alpha value is -3.57. The molecule has 0 spiro atoms. The van der Waals surface area contributed by atoms with E-state index in [2.05, 4.69) is 0 Å². The van der Waals surface area contributed by atoms with Crippen LogP contribution in [-0.4, -0.2) is 28.3 Å². The van der Waals surface area contributed by atoms with Gasteiger partial charge in [0.15, 0.2) is 0 Å². The van der Waals surface area contributed by atoms with E-state index >= 15 is 0 Å². The van der Waals surface area contributed by atoms with Crippen molar-refractivity contribution < 1.29 is 19.4 Å². The lowest BCUT2D eigenvalue weighted by Gasteiger charge is -2.26. The van der Waals surface area contributed by atoms with Gasteiger partial charge in [-0.25, -0.2) is 0 Å². The molecule has 1 fully saturated rings. The van der Waals surface area contributed by atoms with Crippen LogP contribution >= 0.6 is 11.6 Å². The van der Waals surface area contributed by atoms with Crippen LogP contribution in [0.3, 0.4) is 0 Å². The SMILES string of the molecule is CCCOc1cccc(C2C(=C(O)c3ccc(Cl)cc3)C(=O)C(=O)N2Cc2ccccc2)c1. The second kappa shape index (κ2) is 9.92. The first kappa shape index (κ1) is 22.6. The predicted molar refractivity (Wildman–Crippen MR) is 128 cm³/mol. The third-order valence-corrected chi connectivity index (χ3v) is 5.75. The van der Waals surface area contributed by atoms with E-state index in [0.29, 0.717) is 28.5 Å². The first-order valence-electron chi connectivity index (χ1n) is 10.8. The number of carbonyl (C=O) groups is 2. The Bertz CT molecular complexity index is 1190. The number of amides is 1. The highest BCUT2D eigenvalue weighted by Crippen LogP contribution is 2.41. The Balaban J connectivity index is 1.84. The maximum absolute atomic E-state index is 13.2. The maximum Gasteiger partial charge on any atom is 0.295 e. The normalized spacial score (nSPS) is 17.4. The van der Waals surface area contributed by atoms with E-state index < -0.39 is 17.7 Å². The van der Waals surface area contributed by atoms with Gasteiger partial charge in [0.25, 0.3) is 11.7 Å². The molecule has 0 bridgehead atoms. The summed E-state index contributed by atoms with van der Waals surface area (Å²) in [4.78, 5) is 27.8. The molecule has 1 saturated heterocycles. The Morgan fingerprint density at radius 2 is 1.73 bits per heavy atom. The molecule has 0 radical (unpaired) electrons. The van der Waals surface area contributed by atoms with Crippen molar-refractivity contribution in [3.05, 3.63) is 106 Å². The molecule has 3 aromatic carbocycles. The van der Waals surface area contributed by atoms with E-state index in [1.54, 1.807) is 24.3 Å². The number of halogens is 1. The number of nitrogens with zero attached hydrogens (tertiary/aromatic N) is 1. The summed E-state index contributed by atoms with van der Waals surface area (Å²) in [7, 11) is 0. The van der Waals surface area contributed by atoms with Crippen LogP contribution in [-0.2, 0) is 16.1 Å². The smallest absolute Gasteiger partial charge is 0.295 e. The Morgan fingerprint density at radius 3 is 2.42 bits per heavy atom. The highest BCUT2D eigenvalue weighted by molar-refractivity contribution is 6.46. The van der Waals surface area contributed by atoms with Crippen molar-refractivity contribution in [2.45, 2.75) is 25.9 Å². The second-order valence-electron chi connectivity index (χ2n) is 7.84. The minimum Gasteiger partial charge on any atom is -0.507 e. The van der Waals surface area contributed by atoms with Crippen LogP contribution in [0.25, 0.3) is 5.76 Å². The van der Waals surface area contributed by atoms with Gasteiger partial charge in [-0.05, 0) is 53.9 Å². The van der Waals surface area contributed by atoms with Gasteiger partial charge in [0, 0.05) is 17.1 Å². The average Bonchev–Trinajstić information content (AvgIpc) is 3.08. The van der Waals surface area contributed by atoms with Crippen molar-refractivity contribution in [2.75, 3.05) is 6.61 Å². The Kier molecular flexibility index (Phi) is 6.80. The number of likely N-dealkylation sites (tertiary alicyclic amines) is 1. The maximum atomic E-state index is 13.2. The number of aliphatic hydroxyl groups is 1. The van der Waals surface area contributed by atoms with Crippen LogP contribution in [0, 0.1) is 0 Å². The average molecular weight is 462 g/mol. The fourth-order valence-corrected chi connectivity index (χ4v) is 4.05. The molecular weight excluding hydrogens is 438 g/mol. The fraction of sp³-hybridized carbons (Fsp3) is 0.185. The summed E-state index contributed by atoms with van der Waals surface area (Å²) in [5.74, 6) is -0.959. The molecule has 0 saturated carbocycles. The Labute approximate surface area is 197 Å². The molecule has 1 heterocycles. The number of aliphatic hydroxyl groups excluding tert-OH is 1. The summed E-state index contributed by atoms with van der Waals surface area (Å²) >= 11 is 5.98. The first-order valence-corrected chi connectivity index (χ1v) is 11.2. The van der Waals surface area contributed by atoms with Crippen molar-refractivity contribution in [3.63, 3.8) is 0 Å². The standard InChI is InChI=1S/C27H24ClNO4/c1-2-15-33-22-10-6-9-20(16-22)24-23(25(30)19-11-13-21(28)14-12-19)26(31)27(32)29(24)17-18-7-4-3-5-8-18/h3-14,16,24,30H,2,15,17H2,1H3. The van der Waals surface area contributed by atoms with E-state index in [1.165, 1.54) is 4.90 Å². The number of ketones is 1. The van der Waals surface area contributed by atoms with Gasteiger partial charge in [-0.3, -0.25) is 9.59 Å². The summed E-state index contributed by atoms with van der Waals surface area (Å²) < 4.78 is 5.77. The van der Waals surface area contributed by atoms with Crippen LogP contribution in [0.4, 0.5) is 0 Å². The summed E-state index contributed by atoms with van der Waals surface area (Å²) in [6, 6.07) is 22.5. The topological polar surface area (TPSA) is 66.8 Å². The summed E-state index contributed by atoms with van der Waals surface area (Å²) in [5.41, 5.74) is 2.04. The molecule has 1 N–H and O–H groups in total. The molecule has 1 atom stereocenters. The lowest BCUT2D eigenvalue weighted by Crippen LogP contribution is -2.29. The van der Waals surface area contributed by atoms with Crippen LogP contribution < -0.4 is 4.74 Å². The number of Topliss-reactive ketones (excluding diaryl/α,β-unsaturated/α-hetero) is 1. The number of ether oxygens (including phenoxy) is 1. The van der Waals surface area contributed by atoms with E-state index in [9.17, 15) is 14.7 Å². The number of hydrogen-bond donors (Lipinski definition) is 1. The zero-order valence-corrected chi connectivity index (χ0v) is 19.0. The molecule has 3 aromatic rings. The number of rotatable bonds is 7. The van der Waals surface area contributed by atoms with Crippen LogP contribution in [0.5, 0.6) is 5.75 Å². The molecule has 1 aliphatic rings. The molecule has 1 unspecified atom stereocenters. The molecule has 1 aliphatic heterocycles. The van der Waals surface area contributed by atoms with Crippen molar-refractivity contribution >= 4 is 29.1 Å². The lowest BCUT2D eigenvalue weighted by atomic mass is 9.95. The highest BCUT2D eigenvalue weighted by atomic mass is 35.5. The third-order valence-electron chi connectivity index (χ3n) is 5.50. The van der Waals surface area contributed by atoms with E-state index in [-0.39, 0.29) is 17.9 Å². The van der Waals surface area contributed by atoms with Crippen molar-refractivity contribution in [1.82, 2.24) is 4.90 Å². The number of benzene rings is 3. The second-order valence-corrected chi connectivity index (χ2v) is 8.28. The van der Waals surface area contributed by atoms with E-state index in [1.807, 2.05) is 61.5 Å². The van der Waals surface area contributed by atoms with Gasteiger partial charge in [0.1, 0.15) is 11.5 Å². The number of hydrogen-bond acceptors (Lipinski definition) is 4. The largest absolute Gasteiger partial charge is 0.507 e. The van der Waals surface area contributed by atoms with E-state index in [4.69, 9.17) is 16.3 Å². The van der Waals surface area contributed by atoms with Crippen LogP contribution in [0.2, 0.25) is 5.02 Å². The molecule has 33 heavy (non-hydrogen) atoms. The summed E-state index contributed by atoms with van der Waals surface area (Å²) in [6.07, 6.45) is 0.854. The minimum absolute atomic E-state index is 0.0471. The van der Waals surface area contributed by atoms with Crippen LogP contribution in [0.15, 0.2) is 84.4 Å². The fourth-order valence-electron chi connectivity index (χ4n) is 3.93. The zero-order valence-electron chi connectivity index (χ0n) is 18.2. The van der Waals surface area contributed by atoms with E-state index in [0.717, 1.165) is 12.0 Å². The minimum atomic E-state index is -0.758. The molecule has 1 amide bonds. The quantitative estimate of drug-likeness (QED) is 0.276. The molecule has 6 heteroatoms. The predicted octanol–water partition coefficient (Wildman–Crippen LogP) is 5.75. The van der Waals surface area contributed by atoms with Gasteiger partial charge in [-0.15, -0.1) is 0 Å². The van der Waals surface area contributed by atoms with Gasteiger partial charge in [-0.1, -0.05) is 61.0 Å². The van der Waals surface area contributed by atoms with Gasteiger partial charge in [-0.2, -0.15) is 0 Å². The highest BCUT2D eigenvalue weighted by Gasteiger charge is 2.46. The van der Waals surface area contributed by atoms with Crippen molar-refractivity contribution in [1.29, 1.82) is 0 Å². The summed E-state index contributed by atoms with van der Waals surface area (Å²) in [6.45, 7) is 2.80. The van der Waals surface area contributed by atoms with Gasteiger partial charge in [0.05, 0.1) is 18.2 Å². The molecule has 0 aromatic heterocycles. The third kappa shape index (κ3) is 4.78. The first-order chi connectivity index (χ1) is 16.0. The molecule has 5 nitrogen and oxygen atoms in total.